The van der Waals surface area contributed by atoms with Crippen molar-refractivity contribution in [1.82, 2.24) is 0 Å². The highest BCUT2D eigenvalue weighted by atomic mass is 16.5. The zero-order chi connectivity index (χ0) is 12.1. The van der Waals surface area contributed by atoms with Gasteiger partial charge in [-0.3, -0.25) is 0 Å². The summed E-state index contributed by atoms with van der Waals surface area (Å²) in [6.07, 6.45) is 1.94. The first-order chi connectivity index (χ1) is 8.31. The number of hydrogen-bond acceptors (Lipinski definition) is 1. The van der Waals surface area contributed by atoms with E-state index < -0.39 is 0 Å². The van der Waals surface area contributed by atoms with Gasteiger partial charge in [-0.25, -0.2) is 0 Å². The molecule has 17 heavy (non-hydrogen) atoms. The van der Waals surface area contributed by atoms with Gasteiger partial charge in [0.25, 0.3) is 0 Å². The fourth-order valence-corrected chi connectivity index (χ4v) is 2.43. The topological polar surface area (TPSA) is 9.23 Å². The summed E-state index contributed by atoms with van der Waals surface area (Å²) in [7, 11) is 0. The molecular weight excluding hydrogens is 208 g/mol. The molecule has 1 heteroatoms. The molecular formula is C16H22O. The Morgan fingerprint density at radius 2 is 2.18 bits per heavy atom. The SMILES string of the molecule is CCOC[C@@H]1CC#CC[C@H]1c1cccc(C)c1.[HH]. The van der Waals surface area contributed by atoms with E-state index in [1.165, 1.54) is 11.1 Å². The lowest BCUT2D eigenvalue weighted by Crippen LogP contribution is -2.20. The third kappa shape index (κ3) is 3.11. The summed E-state index contributed by atoms with van der Waals surface area (Å²) in [5.74, 6) is 7.58. The molecule has 2 rings (SSSR count). The fraction of sp³-hybridized carbons (Fsp3) is 0.500. The molecule has 0 radical (unpaired) electrons. The van der Waals surface area contributed by atoms with E-state index in [1.807, 2.05) is 0 Å². The Balaban J connectivity index is 0.00000162. The third-order valence-corrected chi connectivity index (χ3v) is 3.39. The number of hydrogen-bond donors (Lipinski definition) is 0. The van der Waals surface area contributed by atoms with Gasteiger partial charge in [0.2, 0.25) is 0 Å². The molecule has 2 atom stereocenters. The van der Waals surface area contributed by atoms with Crippen molar-refractivity contribution in [2.24, 2.45) is 5.92 Å². The van der Waals surface area contributed by atoms with E-state index in [9.17, 15) is 0 Å². The Bertz CT molecular complexity index is 430. The monoisotopic (exact) mass is 230 g/mol. The first-order valence-corrected chi connectivity index (χ1v) is 6.41. The maximum atomic E-state index is 5.59. The van der Waals surface area contributed by atoms with E-state index in [1.54, 1.807) is 0 Å². The average Bonchev–Trinajstić information content (AvgIpc) is 2.37. The normalized spacial score (nSPS) is 22.9. The zero-order valence-corrected chi connectivity index (χ0v) is 10.7. The van der Waals surface area contributed by atoms with Crippen LogP contribution in [0.1, 0.15) is 38.2 Å². The van der Waals surface area contributed by atoms with Crippen molar-refractivity contribution in [3.8, 4) is 11.8 Å². The van der Waals surface area contributed by atoms with Crippen LogP contribution >= 0.6 is 0 Å². The van der Waals surface area contributed by atoms with E-state index in [4.69, 9.17) is 4.74 Å². The molecule has 0 unspecified atom stereocenters. The van der Waals surface area contributed by atoms with Gasteiger partial charge in [-0.15, -0.1) is 11.8 Å². The summed E-state index contributed by atoms with van der Waals surface area (Å²) in [6.45, 7) is 5.83. The standard InChI is InChI=1S/C16H20O.H2/c1-3-17-12-15-8-4-5-10-16(15)14-9-6-7-13(2)11-14;/h6-7,9,11,15-16H,3,8,10,12H2,1-2H3;1H/t15-,16-;/m0./s1. The molecule has 1 aromatic carbocycles. The van der Waals surface area contributed by atoms with Crippen LogP contribution in [-0.2, 0) is 4.74 Å². The van der Waals surface area contributed by atoms with Crippen molar-refractivity contribution in [3.05, 3.63) is 35.4 Å². The Morgan fingerprint density at radius 1 is 1.35 bits per heavy atom. The molecule has 1 nitrogen and oxygen atoms in total. The second-order valence-electron chi connectivity index (χ2n) is 4.70. The molecule has 1 aliphatic rings. The highest BCUT2D eigenvalue weighted by Gasteiger charge is 2.24. The molecule has 1 aliphatic carbocycles. The molecule has 0 saturated carbocycles. The van der Waals surface area contributed by atoms with Gasteiger partial charge >= 0.3 is 0 Å². The second kappa shape index (κ2) is 5.89. The summed E-state index contributed by atoms with van der Waals surface area (Å²) >= 11 is 0. The number of rotatable bonds is 4. The lowest BCUT2D eigenvalue weighted by atomic mass is 9.79. The Kier molecular flexibility index (Phi) is 4.23. The minimum atomic E-state index is 0. The predicted octanol–water partition coefficient (Wildman–Crippen LogP) is 3.77. The van der Waals surface area contributed by atoms with Gasteiger partial charge in [-0.1, -0.05) is 29.8 Å². The lowest BCUT2D eigenvalue weighted by molar-refractivity contribution is 0.100. The van der Waals surface area contributed by atoms with Crippen LogP contribution in [0.5, 0.6) is 0 Å². The van der Waals surface area contributed by atoms with Gasteiger partial charge in [-0.2, -0.15) is 0 Å². The molecule has 0 heterocycles. The van der Waals surface area contributed by atoms with E-state index in [0.29, 0.717) is 11.8 Å². The third-order valence-electron chi connectivity index (χ3n) is 3.39. The van der Waals surface area contributed by atoms with Crippen LogP contribution < -0.4 is 0 Å². The largest absolute Gasteiger partial charge is 0.381 e. The molecule has 0 amide bonds. The Hall–Kier alpha value is -1.26. The predicted molar refractivity (Wildman–Crippen MR) is 73.0 cm³/mol. The smallest absolute Gasteiger partial charge is 0.0509 e. The molecule has 0 bridgehead atoms. The molecule has 0 aliphatic heterocycles. The highest BCUT2D eigenvalue weighted by Crippen LogP contribution is 2.32. The summed E-state index contributed by atoms with van der Waals surface area (Å²) in [5.41, 5.74) is 2.75. The van der Waals surface area contributed by atoms with Crippen LogP contribution in [0.3, 0.4) is 0 Å². The minimum absolute atomic E-state index is 0. The number of ether oxygens (including phenoxy) is 1. The molecule has 0 N–H and O–H groups in total. The van der Waals surface area contributed by atoms with E-state index in [0.717, 1.165) is 26.1 Å². The average molecular weight is 230 g/mol. The van der Waals surface area contributed by atoms with Crippen LogP contribution in [0.25, 0.3) is 0 Å². The number of aryl methyl sites for hydroxylation is 1. The van der Waals surface area contributed by atoms with Crippen molar-refractivity contribution in [1.29, 1.82) is 0 Å². The van der Waals surface area contributed by atoms with Crippen LogP contribution in [-0.4, -0.2) is 13.2 Å². The summed E-state index contributed by atoms with van der Waals surface area (Å²) in [4.78, 5) is 0. The summed E-state index contributed by atoms with van der Waals surface area (Å²) < 4.78 is 5.59. The summed E-state index contributed by atoms with van der Waals surface area (Å²) in [5, 5.41) is 0. The highest BCUT2D eigenvalue weighted by molar-refractivity contribution is 5.29. The van der Waals surface area contributed by atoms with Gasteiger partial charge in [0, 0.05) is 32.7 Å². The molecule has 0 fully saturated rings. The van der Waals surface area contributed by atoms with Crippen LogP contribution in [0.15, 0.2) is 24.3 Å². The maximum Gasteiger partial charge on any atom is 0.0509 e. The van der Waals surface area contributed by atoms with Gasteiger partial charge in [0.15, 0.2) is 0 Å². The van der Waals surface area contributed by atoms with E-state index >= 15 is 0 Å². The van der Waals surface area contributed by atoms with Crippen molar-refractivity contribution in [3.63, 3.8) is 0 Å². The van der Waals surface area contributed by atoms with Crippen LogP contribution in [0.2, 0.25) is 0 Å². The van der Waals surface area contributed by atoms with E-state index in [2.05, 4.69) is 50.0 Å². The fourth-order valence-electron chi connectivity index (χ4n) is 2.43. The molecule has 0 spiro atoms. The first kappa shape index (κ1) is 12.2. The van der Waals surface area contributed by atoms with E-state index in [-0.39, 0.29) is 1.43 Å². The first-order valence-electron chi connectivity index (χ1n) is 6.41. The Labute approximate surface area is 106 Å². The van der Waals surface area contributed by atoms with Gasteiger partial charge in [0.05, 0.1) is 6.61 Å². The van der Waals surface area contributed by atoms with Gasteiger partial charge in [-0.05, 0) is 19.4 Å². The summed E-state index contributed by atoms with van der Waals surface area (Å²) in [6, 6.07) is 8.81. The molecule has 0 aromatic heterocycles. The van der Waals surface area contributed by atoms with Crippen LogP contribution in [0, 0.1) is 24.7 Å². The van der Waals surface area contributed by atoms with Crippen molar-refractivity contribution < 1.29 is 6.16 Å². The van der Waals surface area contributed by atoms with Crippen molar-refractivity contribution in [2.45, 2.75) is 32.6 Å². The van der Waals surface area contributed by atoms with Gasteiger partial charge < -0.3 is 4.74 Å². The molecule has 1 aromatic rings. The van der Waals surface area contributed by atoms with Crippen molar-refractivity contribution in [2.75, 3.05) is 13.2 Å². The lowest BCUT2D eigenvalue weighted by Gasteiger charge is -2.27. The quantitative estimate of drug-likeness (QED) is 0.715. The minimum Gasteiger partial charge on any atom is -0.381 e. The maximum absolute atomic E-state index is 5.59. The zero-order valence-electron chi connectivity index (χ0n) is 10.7. The van der Waals surface area contributed by atoms with Gasteiger partial charge in [0.1, 0.15) is 0 Å². The Morgan fingerprint density at radius 3 is 2.94 bits per heavy atom. The number of benzene rings is 1. The molecule has 0 saturated heterocycles. The second-order valence-corrected chi connectivity index (χ2v) is 4.70. The van der Waals surface area contributed by atoms with Crippen LogP contribution in [0.4, 0.5) is 0 Å². The molecule has 92 valence electrons. The van der Waals surface area contributed by atoms with Crippen molar-refractivity contribution >= 4 is 0 Å².